The lowest BCUT2D eigenvalue weighted by Gasteiger charge is -2.28. The summed E-state index contributed by atoms with van der Waals surface area (Å²) in [6, 6.07) is 0. The van der Waals surface area contributed by atoms with Crippen LogP contribution in [-0.2, 0) is 9.53 Å². The largest absolute Gasteiger partial charge is 0.479 e. The first-order valence-electron chi connectivity index (χ1n) is 7.14. The number of nitrogens with zero attached hydrogens (tertiary/aromatic N) is 1. The van der Waals surface area contributed by atoms with Crippen LogP contribution in [0.4, 0.5) is 4.79 Å². The summed E-state index contributed by atoms with van der Waals surface area (Å²) in [5.41, 5.74) is -0.731. The highest BCUT2D eigenvalue weighted by Crippen LogP contribution is 2.23. The Kier molecular flexibility index (Phi) is 5.39. The van der Waals surface area contributed by atoms with Gasteiger partial charge in [0.05, 0.1) is 0 Å². The zero-order valence-electron chi connectivity index (χ0n) is 13.5. The molecule has 1 aliphatic heterocycles. The van der Waals surface area contributed by atoms with E-state index in [9.17, 15) is 14.7 Å². The van der Waals surface area contributed by atoms with Crippen molar-refractivity contribution in [2.45, 2.75) is 52.2 Å². The molecule has 6 heteroatoms. The number of alkyl carbamates (subject to hydrolysis) is 1. The van der Waals surface area contributed by atoms with Crippen molar-refractivity contribution in [3.05, 3.63) is 11.6 Å². The number of hydrogen-bond donors (Lipinski definition) is 2. The van der Waals surface area contributed by atoms with Crippen LogP contribution in [0, 0.1) is 0 Å². The molecule has 1 aliphatic rings. The predicted octanol–water partition coefficient (Wildman–Crippen LogP) is 2.01. The molecule has 0 aromatic rings. The number of rotatable bonds is 4. The Labute approximate surface area is 126 Å². The number of carboxylic acid groups (broad SMARTS) is 1. The Morgan fingerprint density at radius 3 is 2.48 bits per heavy atom. The van der Waals surface area contributed by atoms with Gasteiger partial charge in [-0.1, -0.05) is 11.6 Å². The molecule has 0 aliphatic carbocycles. The number of carbonyl (C=O) groups excluding carboxylic acids is 1. The second-order valence-corrected chi connectivity index (χ2v) is 6.78. The maximum absolute atomic E-state index is 11.9. The molecule has 1 heterocycles. The zero-order valence-corrected chi connectivity index (χ0v) is 13.5. The van der Waals surface area contributed by atoms with E-state index in [4.69, 9.17) is 4.74 Å². The molecule has 0 aromatic carbocycles. The van der Waals surface area contributed by atoms with Gasteiger partial charge in [-0.3, -0.25) is 4.90 Å². The van der Waals surface area contributed by atoms with Crippen molar-refractivity contribution in [2.75, 3.05) is 19.6 Å². The SMILES string of the molecule is CC(C)=CCN1CCC(NC(=O)OC(C)(C)C)(C(=O)O)C1. The van der Waals surface area contributed by atoms with Gasteiger partial charge in [-0.05, 0) is 41.0 Å². The highest BCUT2D eigenvalue weighted by Gasteiger charge is 2.46. The lowest BCUT2D eigenvalue weighted by Crippen LogP contribution is -2.57. The molecule has 2 N–H and O–H groups in total. The molecule has 0 aromatic heterocycles. The number of aliphatic carboxylic acids is 1. The van der Waals surface area contributed by atoms with Crippen LogP contribution in [0.5, 0.6) is 0 Å². The van der Waals surface area contributed by atoms with Gasteiger partial charge in [0.2, 0.25) is 0 Å². The second-order valence-electron chi connectivity index (χ2n) is 6.78. The number of amides is 1. The summed E-state index contributed by atoms with van der Waals surface area (Å²) in [6.07, 6.45) is 1.73. The second kappa shape index (κ2) is 6.47. The molecular formula is C15H26N2O4. The third-order valence-corrected chi connectivity index (χ3v) is 3.26. The van der Waals surface area contributed by atoms with E-state index < -0.39 is 23.2 Å². The number of allylic oxidation sites excluding steroid dienone is 1. The fourth-order valence-corrected chi connectivity index (χ4v) is 2.19. The van der Waals surface area contributed by atoms with Crippen molar-refractivity contribution >= 4 is 12.1 Å². The normalized spacial score (nSPS) is 22.7. The number of carbonyl (C=O) groups is 2. The van der Waals surface area contributed by atoms with E-state index in [1.165, 1.54) is 5.57 Å². The molecule has 1 unspecified atom stereocenters. The number of carboxylic acids is 1. The van der Waals surface area contributed by atoms with Gasteiger partial charge in [0.1, 0.15) is 5.60 Å². The van der Waals surface area contributed by atoms with Gasteiger partial charge in [0, 0.05) is 19.6 Å². The van der Waals surface area contributed by atoms with Gasteiger partial charge in [-0.2, -0.15) is 0 Å². The topological polar surface area (TPSA) is 78.9 Å². The number of nitrogens with one attached hydrogen (secondary N) is 1. The molecule has 0 saturated carbocycles. The molecule has 120 valence electrons. The molecule has 1 amide bonds. The zero-order chi connectivity index (χ0) is 16.3. The summed E-state index contributed by atoms with van der Waals surface area (Å²) in [5.74, 6) is -1.02. The Balaban J connectivity index is 2.72. The number of hydrogen-bond acceptors (Lipinski definition) is 4. The van der Waals surface area contributed by atoms with Crippen molar-refractivity contribution in [1.82, 2.24) is 10.2 Å². The summed E-state index contributed by atoms with van der Waals surface area (Å²) in [4.78, 5) is 25.5. The smallest absolute Gasteiger partial charge is 0.408 e. The fraction of sp³-hybridized carbons (Fsp3) is 0.733. The third-order valence-electron chi connectivity index (χ3n) is 3.26. The fourth-order valence-electron chi connectivity index (χ4n) is 2.19. The van der Waals surface area contributed by atoms with Crippen molar-refractivity contribution in [3.8, 4) is 0 Å². The lowest BCUT2D eigenvalue weighted by atomic mass is 9.99. The first-order chi connectivity index (χ1) is 9.54. The van der Waals surface area contributed by atoms with E-state index in [1.807, 2.05) is 24.8 Å². The molecule has 0 bridgehead atoms. The minimum atomic E-state index is -1.27. The van der Waals surface area contributed by atoms with Crippen molar-refractivity contribution in [3.63, 3.8) is 0 Å². The maximum Gasteiger partial charge on any atom is 0.408 e. The monoisotopic (exact) mass is 298 g/mol. The van der Waals surface area contributed by atoms with Gasteiger partial charge in [-0.25, -0.2) is 9.59 Å². The number of likely N-dealkylation sites (tertiary alicyclic amines) is 1. The molecule has 0 radical (unpaired) electrons. The molecule has 6 nitrogen and oxygen atoms in total. The first kappa shape index (κ1) is 17.5. The minimum absolute atomic E-state index is 0.283. The van der Waals surface area contributed by atoms with Crippen molar-refractivity contribution in [2.24, 2.45) is 0 Å². The molecular weight excluding hydrogens is 272 g/mol. The lowest BCUT2D eigenvalue weighted by molar-refractivity contribution is -0.144. The summed E-state index contributed by atoms with van der Waals surface area (Å²) in [6.45, 7) is 10.8. The number of ether oxygens (including phenoxy) is 1. The van der Waals surface area contributed by atoms with Crippen molar-refractivity contribution in [1.29, 1.82) is 0 Å². The minimum Gasteiger partial charge on any atom is -0.479 e. The Bertz CT molecular complexity index is 435. The van der Waals surface area contributed by atoms with E-state index >= 15 is 0 Å². The molecule has 1 fully saturated rings. The van der Waals surface area contributed by atoms with Crippen LogP contribution in [0.25, 0.3) is 0 Å². The molecule has 21 heavy (non-hydrogen) atoms. The maximum atomic E-state index is 11.9. The van der Waals surface area contributed by atoms with Crippen LogP contribution in [0.3, 0.4) is 0 Å². The van der Waals surface area contributed by atoms with Crippen LogP contribution in [-0.4, -0.2) is 52.8 Å². The van der Waals surface area contributed by atoms with E-state index in [0.29, 0.717) is 19.5 Å². The molecule has 1 saturated heterocycles. The van der Waals surface area contributed by atoms with E-state index in [-0.39, 0.29) is 6.54 Å². The first-order valence-corrected chi connectivity index (χ1v) is 7.14. The van der Waals surface area contributed by atoms with Crippen LogP contribution in [0.15, 0.2) is 11.6 Å². The highest BCUT2D eigenvalue weighted by atomic mass is 16.6. The predicted molar refractivity (Wildman–Crippen MR) is 80.2 cm³/mol. The average Bonchev–Trinajstić information content (AvgIpc) is 2.68. The van der Waals surface area contributed by atoms with Gasteiger partial charge in [-0.15, -0.1) is 0 Å². The van der Waals surface area contributed by atoms with E-state index in [1.54, 1.807) is 20.8 Å². The summed E-state index contributed by atoms with van der Waals surface area (Å²) < 4.78 is 5.16. The van der Waals surface area contributed by atoms with Crippen LogP contribution in [0.1, 0.15) is 41.0 Å². The molecule has 1 rings (SSSR count). The summed E-state index contributed by atoms with van der Waals surface area (Å²) >= 11 is 0. The van der Waals surface area contributed by atoms with Crippen LogP contribution in [0.2, 0.25) is 0 Å². The average molecular weight is 298 g/mol. The third kappa shape index (κ3) is 5.38. The van der Waals surface area contributed by atoms with E-state index in [0.717, 1.165) is 0 Å². The molecule has 0 spiro atoms. The Hall–Kier alpha value is -1.56. The Morgan fingerprint density at radius 2 is 2.00 bits per heavy atom. The highest BCUT2D eigenvalue weighted by molar-refractivity contribution is 5.85. The standard InChI is InChI=1S/C15H26N2O4/c1-11(2)6-8-17-9-7-15(10-17,12(18)19)16-13(20)21-14(3,4)5/h6H,7-10H2,1-5H3,(H,16,20)(H,18,19). The van der Waals surface area contributed by atoms with Gasteiger partial charge >= 0.3 is 12.1 Å². The van der Waals surface area contributed by atoms with Crippen molar-refractivity contribution < 1.29 is 19.4 Å². The van der Waals surface area contributed by atoms with Gasteiger partial charge < -0.3 is 15.2 Å². The summed E-state index contributed by atoms with van der Waals surface area (Å²) in [7, 11) is 0. The Morgan fingerprint density at radius 1 is 1.38 bits per heavy atom. The van der Waals surface area contributed by atoms with Crippen LogP contribution >= 0.6 is 0 Å². The van der Waals surface area contributed by atoms with Gasteiger partial charge in [0.15, 0.2) is 5.54 Å². The quantitative estimate of drug-likeness (QED) is 0.776. The van der Waals surface area contributed by atoms with Gasteiger partial charge in [0.25, 0.3) is 0 Å². The summed E-state index contributed by atoms with van der Waals surface area (Å²) in [5, 5.41) is 12.0. The molecule has 1 atom stereocenters. The van der Waals surface area contributed by atoms with Crippen LogP contribution < -0.4 is 5.32 Å². The van der Waals surface area contributed by atoms with E-state index in [2.05, 4.69) is 5.32 Å².